The summed E-state index contributed by atoms with van der Waals surface area (Å²) in [5.41, 5.74) is 2.31. The second kappa shape index (κ2) is 8.26. The van der Waals surface area contributed by atoms with E-state index in [-0.39, 0.29) is 29.2 Å². The van der Waals surface area contributed by atoms with Crippen LogP contribution in [0.5, 0.6) is 0 Å². The summed E-state index contributed by atoms with van der Waals surface area (Å²) in [6.45, 7) is 1.79. The molecule has 0 unspecified atom stereocenters. The Hall–Kier alpha value is -3.80. The summed E-state index contributed by atoms with van der Waals surface area (Å²) < 4.78 is 5.28. The van der Waals surface area contributed by atoms with E-state index in [0.29, 0.717) is 11.1 Å². The molecule has 0 saturated heterocycles. The number of ether oxygens (including phenoxy) is 1. The molecule has 0 aromatic heterocycles. The highest BCUT2D eigenvalue weighted by atomic mass is 16.6. The second-order valence-corrected chi connectivity index (χ2v) is 6.24. The van der Waals surface area contributed by atoms with Gasteiger partial charge in [0.1, 0.15) is 6.61 Å². The van der Waals surface area contributed by atoms with Crippen molar-refractivity contribution in [2.24, 2.45) is 0 Å². The topological polar surface area (TPSA) is 86.5 Å². The number of hydrogen-bond acceptors (Lipinski definition) is 5. The van der Waals surface area contributed by atoms with Gasteiger partial charge in [0.15, 0.2) is 5.78 Å². The number of ketones is 1. The summed E-state index contributed by atoms with van der Waals surface area (Å²) in [5.74, 6) is -0.939. The van der Waals surface area contributed by atoms with Crippen LogP contribution in [0.25, 0.3) is 0 Å². The quantitative estimate of drug-likeness (QED) is 0.274. The van der Waals surface area contributed by atoms with Gasteiger partial charge >= 0.3 is 5.97 Å². The lowest BCUT2D eigenvalue weighted by atomic mass is 9.98. The van der Waals surface area contributed by atoms with Crippen LogP contribution in [-0.4, -0.2) is 16.7 Å². The van der Waals surface area contributed by atoms with Gasteiger partial charge in [-0.2, -0.15) is 0 Å². The second-order valence-electron chi connectivity index (χ2n) is 6.24. The molecule has 0 radical (unpaired) electrons. The molecule has 0 N–H and O–H groups in total. The maximum absolute atomic E-state index is 12.8. The van der Waals surface area contributed by atoms with Gasteiger partial charge in [-0.3, -0.25) is 14.9 Å². The number of nitro benzene ring substituents is 1. The van der Waals surface area contributed by atoms with Crippen molar-refractivity contribution in [3.8, 4) is 0 Å². The molecule has 0 amide bonds. The summed E-state index contributed by atoms with van der Waals surface area (Å²) in [5, 5.41) is 10.8. The highest BCUT2D eigenvalue weighted by molar-refractivity contribution is 6.14. The van der Waals surface area contributed by atoms with Gasteiger partial charge in [-0.25, -0.2) is 4.79 Å². The third kappa shape index (κ3) is 4.29. The molecule has 140 valence electrons. The number of hydrogen-bond donors (Lipinski definition) is 0. The minimum atomic E-state index is -0.664. The van der Waals surface area contributed by atoms with Gasteiger partial charge in [-0.05, 0) is 18.6 Å². The number of rotatable bonds is 6. The Bertz CT molecular complexity index is 1040. The maximum atomic E-state index is 12.8. The fourth-order valence-electron chi connectivity index (χ4n) is 2.71. The number of non-ortho nitro benzene ring substituents is 1. The molecule has 0 atom stereocenters. The van der Waals surface area contributed by atoms with Crippen molar-refractivity contribution in [3.05, 3.63) is 111 Å². The van der Waals surface area contributed by atoms with Gasteiger partial charge in [0.05, 0.1) is 10.5 Å². The van der Waals surface area contributed by atoms with Crippen LogP contribution in [0.15, 0.2) is 72.8 Å². The molecule has 0 fully saturated rings. The Balaban J connectivity index is 1.79. The molecule has 0 spiro atoms. The molecular formula is C22H17NO5. The van der Waals surface area contributed by atoms with Crippen LogP contribution in [0.1, 0.15) is 37.4 Å². The fraction of sp³-hybridized carbons (Fsp3) is 0.0909. The van der Waals surface area contributed by atoms with Crippen molar-refractivity contribution < 1.29 is 19.2 Å². The molecule has 0 aliphatic heterocycles. The van der Waals surface area contributed by atoms with Gasteiger partial charge in [0, 0.05) is 23.3 Å². The smallest absolute Gasteiger partial charge is 0.339 e. The van der Waals surface area contributed by atoms with Gasteiger partial charge < -0.3 is 4.74 Å². The molecule has 0 bridgehead atoms. The molecule has 6 nitrogen and oxygen atoms in total. The van der Waals surface area contributed by atoms with E-state index in [1.807, 2.05) is 19.1 Å². The molecule has 0 saturated carbocycles. The van der Waals surface area contributed by atoms with E-state index in [4.69, 9.17) is 4.74 Å². The molecular weight excluding hydrogens is 358 g/mol. The van der Waals surface area contributed by atoms with E-state index in [1.165, 1.54) is 24.3 Å². The van der Waals surface area contributed by atoms with Crippen molar-refractivity contribution in [3.63, 3.8) is 0 Å². The number of nitro groups is 1. The Morgan fingerprint density at radius 2 is 1.61 bits per heavy atom. The molecule has 3 aromatic rings. The van der Waals surface area contributed by atoms with Crippen molar-refractivity contribution in [2.75, 3.05) is 0 Å². The summed E-state index contributed by atoms with van der Waals surface area (Å²) >= 11 is 0. The molecule has 0 heterocycles. The standard InChI is InChI=1S/C22H17NO5/c1-15-9-11-17(12-10-15)21(24)19-7-2-3-8-20(19)22(25)28-14-16-5-4-6-18(13-16)23(26)27/h2-13H,14H2,1H3. The predicted octanol–water partition coefficient (Wildman–Crippen LogP) is 4.49. The summed E-state index contributed by atoms with van der Waals surface area (Å²) in [6.07, 6.45) is 0. The molecule has 28 heavy (non-hydrogen) atoms. The Morgan fingerprint density at radius 1 is 0.929 bits per heavy atom. The first-order valence-corrected chi connectivity index (χ1v) is 8.56. The first-order valence-electron chi connectivity index (χ1n) is 8.56. The monoisotopic (exact) mass is 375 g/mol. The summed E-state index contributed by atoms with van der Waals surface area (Å²) in [4.78, 5) is 35.7. The minimum Gasteiger partial charge on any atom is -0.457 e. The van der Waals surface area contributed by atoms with E-state index in [2.05, 4.69) is 0 Å². The van der Waals surface area contributed by atoms with E-state index in [9.17, 15) is 19.7 Å². The van der Waals surface area contributed by atoms with Gasteiger partial charge in [0.25, 0.3) is 5.69 Å². The molecule has 3 rings (SSSR count). The van der Waals surface area contributed by atoms with Crippen molar-refractivity contribution in [1.29, 1.82) is 0 Å². The van der Waals surface area contributed by atoms with Gasteiger partial charge in [0.2, 0.25) is 0 Å². The van der Waals surface area contributed by atoms with Gasteiger partial charge in [-0.1, -0.05) is 60.2 Å². The molecule has 0 aliphatic rings. The summed E-state index contributed by atoms with van der Waals surface area (Å²) in [7, 11) is 0. The molecule has 0 aliphatic carbocycles. The highest BCUT2D eigenvalue weighted by Crippen LogP contribution is 2.18. The molecule has 6 heteroatoms. The maximum Gasteiger partial charge on any atom is 0.339 e. The van der Waals surface area contributed by atoms with E-state index >= 15 is 0 Å². The Morgan fingerprint density at radius 3 is 2.29 bits per heavy atom. The van der Waals surface area contributed by atoms with Crippen molar-refractivity contribution >= 4 is 17.4 Å². The largest absolute Gasteiger partial charge is 0.457 e. The van der Waals surface area contributed by atoms with Crippen LogP contribution in [0.4, 0.5) is 5.69 Å². The Labute approximate surface area is 161 Å². The van der Waals surface area contributed by atoms with Gasteiger partial charge in [-0.15, -0.1) is 0 Å². The normalized spacial score (nSPS) is 10.3. The average Bonchev–Trinajstić information content (AvgIpc) is 2.72. The zero-order chi connectivity index (χ0) is 20.1. The zero-order valence-electron chi connectivity index (χ0n) is 15.1. The van der Waals surface area contributed by atoms with Crippen LogP contribution in [0, 0.1) is 17.0 Å². The van der Waals surface area contributed by atoms with E-state index in [0.717, 1.165) is 5.56 Å². The number of nitrogens with zero attached hydrogens (tertiary/aromatic N) is 1. The lowest BCUT2D eigenvalue weighted by Gasteiger charge is -2.09. The third-order valence-corrected chi connectivity index (χ3v) is 4.20. The van der Waals surface area contributed by atoms with Crippen molar-refractivity contribution in [2.45, 2.75) is 13.5 Å². The number of benzene rings is 3. The van der Waals surface area contributed by atoms with Crippen LogP contribution in [-0.2, 0) is 11.3 Å². The number of carbonyl (C=O) groups excluding carboxylic acids is 2. The lowest BCUT2D eigenvalue weighted by Crippen LogP contribution is -2.12. The fourth-order valence-corrected chi connectivity index (χ4v) is 2.71. The molecule has 3 aromatic carbocycles. The number of aryl methyl sites for hydroxylation is 1. The number of esters is 1. The van der Waals surface area contributed by atoms with Crippen molar-refractivity contribution in [1.82, 2.24) is 0 Å². The zero-order valence-corrected chi connectivity index (χ0v) is 15.1. The van der Waals surface area contributed by atoms with Crippen LogP contribution >= 0.6 is 0 Å². The van der Waals surface area contributed by atoms with E-state index in [1.54, 1.807) is 36.4 Å². The first kappa shape index (κ1) is 19.0. The minimum absolute atomic E-state index is 0.0801. The Kier molecular flexibility index (Phi) is 5.60. The SMILES string of the molecule is Cc1ccc(C(=O)c2ccccc2C(=O)OCc2cccc([N+](=O)[O-])c2)cc1. The third-order valence-electron chi connectivity index (χ3n) is 4.20. The lowest BCUT2D eigenvalue weighted by molar-refractivity contribution is -0.384. The first-order chi connectivity index (χ1) is 13.5. The number of carbonyl (C=O) groups is 2. The predicted molar refractivity (Wildman–Crippen MR) is 103 cm³/mol. The van der Waals surface area contributed by atoms with Crippen LogP contribution in [0.2, 0.25) is 0 Å². The summed E-state index contributed by atoms with van der Waals surface area (Å²) in [6, 6.07) is 19.4. The van der Waals surface area contributed by atoms with Crippen LogP contribution < -0.4 is 0 Å². The highest BCUT2D eigenvalue weighted by Gasteiger charge is 2.19. The average molecular weight is 375 g/mol. The van der Waals surface area contributed by atoms with Crippen LogP contribution in [0.3, 0.4) is 0 Å². The van der Waals surface area contributed by atoms with E-state index < -0.39 is 10.9 Å².